The summed E-state index contributed by atoms with van der Waals surface area (Å²) in [5, 5.41) is 10.9. The molecule has 0 atom stereocenters. The molecule has 0 unspecified atom stereocenters. The number of hydrogen-bond acceptors (Lipinski definition) is 4. The quantitative estimate of drug-likeness (QED) is 0.620. The first-order valence-electron chi connectivity index (χ1n) is 5.32. The summed E-state index contributed by atoms with van der Waals surface area (Å²) in [4.78, 5) is 15.5. The van der Waals surface area contributed by atoms with E-state index in [1.165, 1.54) is 12.3 Å². The Morgan fingerprint density at radius 2 is 2.06 bits per heavy atom. The van der Waals surface area contributed by atoms with Crippen LogP contribution in [-0.2, 0) is 0 Å². The normalized spacial score (nSPS) is 18.7. The highest BCUT2D eigenvalue weighted by Gasteiger charge is 2.36. The van der Waals surface area contributed by atoms with E-state index >= 15 is 0 Å². The lowest BCUT2D eigenvalue weighted by Crippen LogP contribution is -2.39. The fraction of sp³-hybridized carbons (Fsp3) is 0.500. The van der Waals surface area contributed by atoms with Crippen LogP contribution in [0.5, 0.6) is 0 Å². The van der Waals surface area contributed by atoms with Crippen molar-refractivity contribution in [2.45, 2.75) is 18.8 Å². The zero-order valence-electron chi connectivity index (χ0n) is 9.28. The van der Waals surface area contributed by atoms with Crippen molar-refractivity contribution in [3.8, 4) is 0 Å². The maximum Gasteiger partial charge on any atom is 0.387 e. The Hall–Kier alpha value is -1.31. The van der Waals surface area contributed by atoms with Crippen molar-refractivity contribution in [3.63, 3.8) is 0 Å². The molecule has 1 aromatic rings. The van der Waals surface area contributed by atoms with Gasteiger partial charge in [0.05, 0.1) is 4.47 Å². The van der Waals surface area contributed by atoms with Crippen LogP contribution in [0.2, 0.25) is 0 Å². The minimum absolute atomic E-state index is 0.0893. The molecule has 2 heterocycles. The van der Waals surface area contributed by atoms with Gasteiger partial charge in [0.1, 0.15) is 5.69 Å². The van der Waals surface area contributed by atoms with Crippen molar-refractivity contribution >= 4 is 27.4 Å². The van der Waals surface area contributed by atoms with Gasteiger partial charge in [-0.05, 0) is 31.9 Å². The maximum absolute atomic E-state index is 13.0. The van der Waals surface area contributed by atoms with Crippen molar-refractivity contribution < 1.29 is 13.7 Å². The van der Waals surface area contributed by atoms with Gasteiger partial charge < -0.3 is 15.0 Å². The molecule has 98 valence electrons. The van der Waals surface area contributed by atoms with Gasteiger partial charge in [-0.2, -0.15) is 0 Å². The summed E-state index contributed by atoms with van der Waals surface area (Å²) in [6, 6.07) is 1.54. The molecule has 0 aliphatic carbocycles. The molecule has 0 saturated carbocycles. The number of nitro groups is 1. The van der Waals surface area contributed by atoms with Gasteiger partial charge in [-0.25, -0.2) is 8.78 Å². The summed E-state index contributed by atoms with van der Waals surface area (Å²) in [5.41, 5.74) is 0.282. The van der Waals surface area contributed by atoms with Gasteiger partial charge in [-0.3, -0.25) is 0 Å². The summed E-state index contributed by atoms with van der Waals surface area (Å²) in [6.07, 6.45) is 0.730. The van der Waals surface area contributed by atoms with Crippen LogP contribution in [0, 0.1) is 10.1 Å². The van der Waals surface area contributed by atoms with E-state index in [4.69, 9.17) is 0 Å². The number of aromatic nitrogens is 1. The van der Waals surface area contributed by atoms with E-state index < -0.39 is 10.8 Å². The monoisotopic (exact) mass is 321 g/mol. The van der Waals surface area contributed by atoms with Gasteiger partial charge in [0.15, 0.2) is 6.20 Å². The Balaban J connectivity index is 2.28. The minimum atomic E-state index is -2.68. The van der Waals surface area contributed by atoms with Crippen molar-refractivity contribution in [1.29, 1.82) is 0 Å². The third-order valence-electron chi connectivity index (χ3n) is 2.82. The van der Waals surface area contributed by atoms with E-state index in [0.29, 0.717) is 4.47 Å². The molecule has 1 aromatic heterocycles. The first-order valence-corrected chi connectivity index (χ1v) is 6.11. The van der Waals surface area contributed by atoms with Crippen LogP contribution in [-0.4, -0.2) is 28.9 Å². The number of nitrogens with zero attached hydrogens (tertiary/aromatic N) is 3. The van der Waals surface area contributed by atoms with E-state index in [9.17, 15) is 18.9 Å². The largest absolute Gasteiger partial charge is 0.387 e. The second-order valence-electron chi connectivity index (χ2n) is 4.10. The van der Waals surface area contributed by atoms with Gasteiger partial charge in [0.25, 0.3) is 5.92 Å². The smallest absolute Gasteiger partial charge is 0.364 e. The average molecular weight is 322 g/mol. The van der Waals surface area contributed by atoms with E-state index in [0.717, 1.165) is 0 Å². The van der Waals surface area contributed by atoms with Gasteiger partial charge in [0.2, 0.25) is 0 Å². The molecular formula is C10H10BrF2N3O2. The zero-order valence-corrected chi connectivity index (χ0v) is 10.9. The highest BCUT2D eigenvalue weighted by atomic mass is 79.9. The van der Waals surface area contributed by atoms with E-state index in [1.807, 2.05) is 0 Å². The molecule has 18 heavy (non-hydrogen) atoms. The number of halogens is 3. The molecule has 0 spiro atoms. The Morgan fingerprint density at radius 3 is 2.61 bits per heavy atom. The molecule has 8 heteroatoms. The molecule has 2 rings (SSSR count). The number of pyridine rings is 1. The first kappa shape index (κ1) is 13.1. The number of rotatable bonds is 2. The molecule has 1 saturated heterocycles. The van der Waals surface area contributed by atoms with Crippen LogP contribution >= 0.6 is 15.9 Å². The van der Waals surface area contributed by atoms with E-state index in [1.54, 1.807) is 4.90 Å². The summed E-state index contributed by atoms with van der Waals surface area (Å²) in [5.74, 6) is -2.98. The third-order valence-corrected chi connectivity index (χ3v) is 3.26. The summed E-state index contributed by atoms with van der Waals surface area (Å²) in [7, 11) is 0. The van der Waals surface area contributed by atoms with E-state index in [2.05, 4.69) is 20.9 Å². The lowest BCUT2D eigenvalue weighted by Gasteiger charge is -2.32. The van der Waals surface area contributed by atoms with Gasteiger partial charge in [-0.1, -0.05) is 0 Å². The summed E-state index contributed by atoms with van der Waals surface area (Å²) in [6.45, 7) is 0.179. The predicted molar refractivity (Wildman–Crippen MR) is 65.0 cm³/mol. The van der Waals surface area contributed by atoms with Crippen molar-refractivity contribution in [2.24, 2.45) is 0 Å². The molecule has 1 fully saturated rings. The van der Waals surface area contributed by atoms with Crippen molar-refractivity contribution in [3.05, 3.63) is 26.9 Å². The molecule has 0 amide bonds. The fourth-order valence-corrected chi connectivity index (χ4v) is 2.19. The van der Waals surface area contributed by atoms with Gasteiger partial charge >= 0.3 is 5.82 Å². The third kappa shape index (κ3) is 2.74. The predicted octanol–water partition coefficient (Wildman–Crippen LogP) is 2.99. The zero-order chi connectivity index (χ0) is 13.3. The Morgan fingerprint density at radius 1 is 1.44 bits per heavy atom. The standard InChI is InChI=1S/C10H10BrF2N3O2/c11-7-5-8(9(14-6-7)16(17)18)15-3-1-10(12,13)2-4-15/h5-6H,1-4H2. The average Bonchev–Trinajstić information content (AvgIpc) is 2.28. The van der Waals surface area contributed by atoms with Crippen molar-refractivity contribution in [2.75, 3.05) is 18.0 Å². The number of hydrogen-bond donors (Lipinski definition) is 0. The number of piperidine rings is 1. The lowest BCUT2D eigenvalue weighted by atomic mass is 10.1. The number of alkyl halides is 2. The molecule has 0 N–H and O–H groups in total. The summed E-state index contributed by atoms with van der Waals surface area (Å²) < 4.78 is 26.7. The molecule has 5 nitrogen and oxygen atoms in total. The van der Waals surface area contributed by atoms with Gasteiger partial charge in [-0.15, -0.1) is 0 Å². The first-order chi connectivity index (χ1) is 8.39. The SMILES string of the molecule is O=[N+]([O-])c1ncc(Br)cc1N1CCC(F)(F)CC1. The molecule has 0 radical (unpaired) electrons. The Bertz CT molecular complexity index is 474. The highest BCUT2D eigenvalue weighted by Crippen LogP contribution is 2.34. The molecule has 1 aliphatic rings. The van der Waals surface area contributed by atoms with Crippen LogP contribution in [0.15, 0.2) is 16.7 Å². The van der Waals surface area contributed by atoms with Crippen LogP contribution in [0.1, 0.15) is 12.8 Å². The van der Waals surface area contributed by atoms with Crippen LogP contribution < -0.4 is 4.90 Å². The second kappa shape index (κ2) is 4.75. The van der Waals surface area contributed by atoms with Gasteiger partial charge in [0, 0.05) is 25.9 Å². The van der Waals surface area contributed by atoms with Crippen LogP contribution in [0.4, 0.5) is 20.3 Å². The molecular weight excluding hydrogens is 312 g/mol. The highest BCUT2D eigenvalue weighted by molar-refractivity contribution is 9.10. The topological polar surface area (TPSA) is 59.3 Å². The maximum atomic E-state index is 13.0. The van der Waals surface area contributed by atoms with Crippen LogP contribution in [0.25, 0.3) is 0 Å². The molecule has 0 aromatic carbocycles. The van der Waals surface area contributed by atoms with Crippen LogP contribution in [0.3, 0.4) is 0 Å². The molecule has 1 aliphatic heterocycles. The summed E-state index contributed by atoms with van der Waals surface area (Å²) >= 11 is 3.17. The van der Waals surface area contributed by atoms with Crippen molar-refractivity contribution in [1.82, 2.24) is 4.98 Å². The molecule has 0 bridgehead atoms. The van der Waals surface area contributed by atoms with E-state index in [-0.39, 0.29) is 37.4 Å². The minimum Gasteiger partial charge on any atom is -0.364 e. The second-order valence-corrected chi connectivity index (χ2v) is 5.01. The fourth-order valence-electron chi connectivity index (χ4n) is 1.87. The Labute approximate surface area is 110 Å². The Kier molecular flexibility index (Phi) is 3.47. The number of anilines is 1. The lowest BCUT2D eigenvalue weighted by molar-refractivity contribution is -0.388.